The largest absolute Gasteiger partial charge is 0.376 e. The summed E-state index contributed by atoms with van der Waals surface area (Å²) < 4.78 is 5.60. The molecule has 2 rings (SSSR count). The Bertz CT molecular complexity index is 427. The first-order valence-electron chi connectivity index (χ1n) is 6.57. The minimum Gasteiger partial charge on any atom is -0.376 e. The van der Waals surface area contributed by atoms with Gasteiger partial charge in [-0.05, 0) is 37.5 Å². The zero-order chi connectivity index (χ0) is 13.7. The second kappa shape index (κ2) is 6.78. The van der Waals surface area contributed by atoms with Gasteiger partial charge in [0.25, 0.3) is 0 Å². The molecule has 1 aromatic rings. The minimum absolute atomic E-state index is 0.191. The van der Waals surface area contributed by atoms with Crippen molar-refractivity contribution in [2.24, 2.45) is 10.7 Å². The maximum Gasteiger partial charge on any atom is 0.189 e. The van der Waals surface area contributed by atoms with Crippen molar-refractivity contribution < 1.29 is 4.74 Å². The summed E-state index contributed by atoms with van der Waals surface area (Å²) in [5.74, 6) is 0.456. The number of benzene rings is 1. The highest BCUT2D eigenvalue weighted by Gasteiger charge is 2.22. The Hall–Kier alpha value is -1.26. The molecular formula is C14H20ClN3O. The van der Waals surface area contributed by atoms with Crippen molar-refractivity contribution in [2.75, 3.05) is 6.61 Å². The van der Waals surface area contributed by atoms with Crippen LogP contribution in [0, 0.1) is 0 Å². The molecule has 1 aliphatic heterocycles. The highest BCUT2D eigenvalue weighted by atomic mass is 35.5. The number of nitrogens with one attached hydrogen (secondary N) is 1. The van der Waals surface area contributed by atoms with Gasteiger partial charge < -0.3 is 15.8 Å². The lowest BCUT2D eigenvalue weighted by Crippen LogP contribution is -2.44. The maximum atomic E-state index is 5.88. The van der Waals surface area contributed by atoms with Gasteiger partial charge in [-0.25, -0.2) is 4.99 Å². The van der Waals surface area contributed by atoms with E-state index in [-0.39, 0.29) is 12.1 Å². The minimum atomic E-state index is 0.191. The molecule has 1 fully saturated rings. The molecule has 1 aromatic carbocycles. The number of rotatable bonds is 4. The third kappa shape index (κ3) is 4.40. The van der Waals surface area contributed by atoms with Gasteiger partial charge in [-0.1, -0.05) is 23.7 Å². The summed E-state index contributed by atoms with van der Waals surface area (Å²) in [5, 5.41) is 3.91. The lowest BCUT2D eigenvalue weighted by Gasteiger charge is -2.20. The Balaban J connectivity index is 1.83. The first-order chi connectivity index (χ1) is 9.15. The lowest BCUT2D eigenvalue weighted by atomic mass is 10.1. The van der Waals surface area contributed by atoms with Gasteiger partial charge in [0.1, 0.15) is 0 Å². The molecule has 4 nitrogen and oxygen atoms in total. The molecule has 0 aromatic heterocycles. The number of hydrogen-bond acceptors (Lipinski definition) is 2. The molecule has 0 radical (unpaired) electrons. The third-order valence-corrected chi connectivity index (χ3v) is 3.50. The molecule has 0 amide bonds. The standard InChI is InChI=1S/C14H20ClN3O/c1-10(13-3-2-8-19-13)18-14(16)17-9-11-4-6-12(15)7-5-11/h4-7,10,13H,2-3,8-9H2,1H3,(H3,16,17,18)/t10-,13-/m1/s1. The van der Waals surface area contributed by atoms with Crippen LogP contribution in [-0.4, -0.2) is 24.7 Å². The normalized spacial score (nSPS) is 21.4. The average molecular weight is 282 g/mol. The quantitative estimate of drug-likeness (QED) is 0.658. The first-order valence-corrected chi connectivity index (χ1v) is 6.95. The molecule has 0 bridgehead atoms. The Kier molecular flexibility index (Phi) is 5.05. The van der Waals surface area contributed by atoms with Gasteiger partial charge in [0.05, 0.1) is 18.7 Å². The van der Waals surface area contributed by atoms with E-state index in [1.807, 2.05) is 24.3 Å². The third-order valence-electron chi connectivity index (χ3n) is 3.24. The fourth-order valence-corrected chi connectivity index (χ4v) is 2.26. The van der Waals surface area contributed by atoms with Gasteiger partial charge in [-0.15, -0.1) is 0 Å². The predicted molar refractivity (Wildman–Crippen MR) is 78.4 cm³/mol. The second-order valence-corrected chi connectivity index (χ2v) is 5.25. The van der Waals surface area contributed by atoms with Crippen molar-refractivity contribution >= 4 is 17.6 Å². The number of nitrogens with zero attached hydrogens (tertiary/aromatic N) is 1. The van der Waals surface area contributed by atoms with Crippen LogP contribution >= 0.6 is 11.6 Å². The summed E-state index contributed by atoms with van der Waals surface area (Å²) in [5.41, 5.74) is 6.96. The van der Waals surface area contributed by atoms with E-state index in [1.165, 1.54) is 0 Å². The molecule has 104 valence electrons. The van der Waals surface area contributed by atoms with Gasteiger partial charge in [0.15, 0.2) is 5.96 Å². The summed E-state index contributed by atoms with van der Waals surface area (Å²) in [6.45, 7) is 3.47. The number of aliphatic imine (C=N–C) groups is 1. The van der Waals surface area contributed by atoms with Crippen LogP contribution in [0.3, 0.4) is 0 Å². The van der Waals surface area contributed by atoms with E-state index in [0.717, 1.165) is 30.0 Å². The van der Waals surface area contributed by atoms with Crippen molar-refractivity contribution in [3.05, 3.63) is 34.9 Å². The molecule has 5 heteroatoms. The fourth-order valence-electron chi connectivity index (χ4n) is 2.14. The Morgan fingerprint density at radius 3 is 2.89 bits per heavy atom. The van der Waals surface area contributed by atoms with E-state index in [1.54, 1.807) is 0 Å². The van der Waals surface area contributed by atoms with E-state index < -0.39 is 0 Å². The Morgan fingerprint density at radius 1 is 1.53 bits per heavy atom. The van der Waals surface area contributed by atoms with Crippen LogP contribution in [0.15, 0.2) is 29.3 Å². The van der Waals surface area contributed by atoms with Crippen molar-refractivity contribution in [3.63, 3.8) is 0 Å². The summed E-state index contributed by atoms with van der Waals surface area (Å²) in [6, 6.07) is 7.79. The summed E-state index contributed by atoms with van der Waals surface area (Å²) in [4.78, 5) is 4.32. The van der Waals surface area contributed by atoms with Gasteiger partial charge in [0.2, 0.25) is 0 Å². The highest BCUT2D eigenvalue weighted by Crippen LogP contribution is 2.15. The van der Waals surface area contributed by atoms with E-state index >= 15 is 0 Å². The number of guanidine groups is 1. The van der Waals surface area contributed by atoms with E-state index in [4.69, 9.17) is 22.1 Å². The first kappa shape index (κ1) is 14.2. The number of hydrogen-bond donors (Lipinski definition) is 2. The van der Waals surface area contributed by atoms with Crippen LogP contribution in [0.5, 0.6) is 0 Å². The van der Waals surface area contributed by atoms with Crippen molar-refractivity contribution in [1.82, 2.24) is 5.32 Å². The monoisotopic (exact) mass is 281 g/mol. The van der Waals surface area contributed by atoms with Crippen LogP contribution in [0.4, 0.5) is 0 Å². The topological polar surface area (TPSA) is 59.6 Å². The van der Waals surface area contributed by atoms with Gasteiger partial charge in [-0.2, -0.15) is 0 Å². The zero-order valence-electron chi connectivity index (χ0n) is 11.1. The summed E-state index contributed by atoms with van der Waals surface area (Å²) in [6.07, 6.45) is 2.45. The molecule has 0 saturated carbocycles. The molecule has 1 heterocycles. The van der Waals surface area contributed by atoms with Crippen molar-refractivity contribution in [1.29, 1.82) is 0 Å². The summed E-state index contributed by atoms with van der Waals surface area (Å²) >= 11 is 5.83. The zero-order valence-corrected chi connectivity index (χ0v) is 11.9. The SMILES string of the molecule is C[C@@H](NC(N)=NCc1ccc(Cl)cc1)[C@H]1CCCO1. The van der Waals surface area contributed by atoms with Crippen LogP contribution in [0.1, 0.15) is 25.3 Å². The van der Waals surface area contributed by atoms with Crippen LogP contribution in [0.2, 0.25) is 5.02 Å². The van der Waals surface area contributed by atoms with Crippen LogP contribution in [-0.2, 0) is 11.3 Å². The van der Waals surface area contributed by atoms with Crippen molar-refractivity contribution in [3.8, 4) is 0 Å². The molecule has 2 atom stereocenters. The highest BCUT2D eigenvalue weighted by molar-refractivity contribution is 6.30. The molecule has 0 aliphatic carbocycles. The van der Waals surface area contributed by atoms with Gasteiger partial charge >= 0.3 is 0 Å². The molecular weight excluding hydrogens is 262 g/mol. The Morgan fingerprint density at radius 2 is 2.26 bits per heavy atom. The van der Waals surface area contributed by atoms with Crippen LogP contribution < -0.4 is 11.1 Å². The number of nitrogens with two attached hydrogens (primary N) is 1. The predicted octanol–water partition coefficient (Wildman–Crippen LogP) is 2.31. The molecule has 1 saturated heterocycles. The van der Waals surface area contributed by atoms with E-state index in [2.05, 4.69) is 17.2 Å². The second-order valence-electron chi connectivity index (χ2n) is 4.81. The molecule has 19 heavy (non-hydrogen) atoms. The van der Waals surface area contributed by atoms with E-state index in [9.17, 15) is 0 Å². The smallest absolute Gasteiger partial charge is 0.189 e. The molecule has 3 N–H and O–H groups in total. The number of ether oxygens (including phenoxy) is 1. The average Bonchev–Trinajstić information content (AvgIpc) is 2.92. The fraction of sp³-hybridized carbons (Fsp3) is 0.500. The molecule has 0 unspecified atom stereocenters. The van der Waals surface area contributed by atoms with Crippen molar-refractivity contribution in [2.45, 2.75) is 38.5 Å². The molecule has 1 aliphatic rings. The lowest BCUT2D eigenvalue weighted by molar-refractivity contribution is 0.0892. The van der Waals surface area contributed by atoms with Crippen LogP contribution in [0.25, 0.3) is 0 Å². The summed E-state index contributed by atoms with van der Waals surface area (Å²) in [7, 11) is 0. The Labute approximate surface area is 119 Å². The van der Waals surface area contributed by atoms with Gasteiger partial charge in [0, 0.05) is 11.6 Å². The van der Waals surface area contributed by atoms with Gasteiger partial charge in [-0.3, -0.25) is 0 Å². The molecule has 0 spiro atoms. The maximum absolute atomic E-state index is 5.88. The number of halogens is 1. The van der Waals surface area contributed by atoms with E-state index in [0.29, 0.717) is 12.5 Å².